The molecule has 1 fully saturated rings. The van der Waals surface area contributed by atoms with Crippen molar-refractivity contribution in [1.29, 1.82) is 0 Å². The molecule has 1 aromatic rings. The average molecular weight is 261 g/mol. The Labute approximate surface area is 116 Å². The Balaban J connectivity index is 1.86. The highest BCUT2D eigenvalue weighted by molar-refractivity contribution is 6.30. The van der Waals surface area contributed by atoms with Crippen LogP contribution in [-0.2, 0) is 0 Å². The molecule has 96 valence electrons. The molecule has 1 heteroatoms. The molecule has 0 spiro atoms. The molecule has 1 saturated carbocycles. The van der Waals surface area contributed by atoms with Gasteiger partial charge in [-0.25, -0.2) is 0 Å². The van der Waals surface area contributed by atoms with Crippen LogP contribution in [0.1, 0.15) is 51.0 Å². The van der Waals surface area contributed by atoms with Crippen molar-refractivity contribution < 1.29 is 0 Å². The quantitative estimate of drug-likeness (QED) is 0.633. The van der Waals surface area contributed by atoms with Gasteiger partial charge < -0.3 is 0 Å². The van der Waals surface area contributed by atoms with Gasteiger partial charge >= 0.3 is 0 Å². The molecule has 0 N–H and O–H groups in total. The fraction of sp³-hybridized carbons (Fsp3) is 0.529. The minimum absolute atomic E-state index is 0.605. The lowest BCUT2D eigenvalue weighted by Crippen LogP contribution is -2.13. The predicted octanol–water partition coefficient (Wildman–Crippen LogP) is 5.30. The summed E-state index contributed by atoms with van der Waals surface area (Å²) in [6.45, 7) is 2.28. The molecule has 0 atom stereocenters. The van der Waals surface area contributed by atoms with Gasteiger partial charge in [-0.15, -0.1) is 0 Å². The molecule has 1 aromatic carbocycles. The van der Waals surface area contributed by atoms with E-state index in [1.54, 1.807) is 0 Å². The number of benzene rings is 1. The molecule has 0 radical (unpaired) electrons. The molecule has 1 aliphatic carbocycles. The van der Waals surface area contributed by atoms with Gasteiger partial charge in [-0.3, -0.25) is 0 Å². The molecule has 0 bridgehead atoms. The van der Waals surface area contributed by atoms with Gasteiger partial charge in [0.1, 0.15) is 0 Å². The summed E-state index contributed by atoms with van der Waals surface area (Å²) in [4.78, 5) is 0. The molecule has 0 aromatic heterocycles. The van der Waals surface area contributed by atoms with Crippen molar-refractivity contribution in [2.45, 2.75) is 45.4 Å². The second-order valence-corrected chi connectivity index (χ2v) is 5.72. The van der Waals surface area contributed by atoms with Gasteiger partial charge in [0.25, 0.3) is 0 Å². The van der Waals surface area contributed by atoms with Gasteiger partial charge in [0.05, 0.1) is 0 Å². The highest BCUT2D eigenvalue weighted by atomic mass is 35.5. The van der Waals surface area contributed by atoms with E-state index in [-0.39, 0.29) is 0 Å². The highest BCUT2D eigenvalue weighted by Crippen LogP contribution is 2.31. The molecule has 0 unspecified atom stereocenters. The highest BCUT2D eigenvalue weighted by Gasteiger charge is 2.18. The summed E-state index contributed by atoms with van der Waals surface area (Å²) in [6, 6.07) is 7.81. The van der Waals surface area contributed by atoms with E-state index in [0.29, 0.717) is 5.92 Å². The zero-order valence-electron chi connectivity index (χ0n) is 11.1. The Hall–Kier alpha value is -0.930. The summed E-state index contributed by atoms with van der Waals surface area (Å²) in [5.41, 5.74) is 1.08. The largest absolute Gasteiger partial charge is 0.0945 e. The van der Waals surface area contributed by atoms with Crippen molar-refractivity contribution in [3.63, 3.8) is 0 Å². The second-order valence-electron chi connectivity index (χ2n) is 5.28. The Morgan fingerprint density at radius 2 is 1.78 bits per heavy atom. The van der Waals surface area contributed by atoms with E-state index >= 15 is 0 Å². The molecular weight excluding hydrogens is 240 g/mol. The maximum Gasteiger partial charge on any atom is 0.0406 e. The zero-order chi connectivity index (χ0) is 12.8. The lowest BCUT2D eigenvalue weighted by molar-refractivity contribution is 0.300. The van der Waals surface area contributed by atoms with Crippen LogP contribution in [-0.4, -0.2) is 0 Å². The second kappa shape index (κ2) is 6.86. The van der Waals surface area contributed by atoms with Crippen LogP contribution in [0.3, 0.4) is 0 Å². The van der Waals surface area contributed by atoms with Crippen LogP contribution in [0.5, 0.6) is 0 Å². The molecule has 0 saturated heterocycles. The van der Waals surface area contributed by atoms with E-state index in [0.717, 1.165) is 16.5 Å². The van der Waals surface area contributed by atoms with Crippen LogP contribution >= 0.6 is 11.6 Å². The molecule has 18 heavy (non-hydrogen) atoms. The van der Waals surface area contributed by atoms with Gasteiger partial charge in [-0.1, -0.05) is 43.2 Å². The monoisotopic (exact) mass is 260 g/mol. The Bertz CT molecular complexity index is 413. The van der Waals surface area contributed by atoms with E-state index in [9.17, 15) is 0 Å². The standard InChI is InChI=1S/C17H21Cl/c1-2-3-14-4-6-15(7-5-14)8-9-16-10-12-17(18)13-11-16/h10-15H,2-7H2,1H3. The maximum absolute atomic E-state index is 5.86. The van der Waals surface area contributed by atoms with Crippen LogP contribution in [0.2, 0.25) is 5.02 Å². The van der Waals surface area contributed by atoms with E-state index in [1.165, 1.54) is 38.5 Å². The zero-order valence-corrected chi connectivity index (χ0v) is 11.8. The molecule has 0 heterocycles. The summed E-state index contributed by atoms with van der Waals surface area (Å²) in [5.74, 6) is 8.27. The summed E-state index contributed by atoms with van der Waals surface area (Å²) in [6.07, 6.45) is 8.03. The van der Waals surface area contributed by atoms with Crippen LogP contribution in [0.15, 0.2) is 24.3 Å². The van der Waals surface area contributed by atoms with Crippen LogP contribution < -0.4 is 0 Å². The first-order chi connectivity index (χ1) is 8.78. The number of rotatable bonds is 2. The van der Waals surface area contributed by atoms with Crippen molar-refractivity contribution in [1.82, 2.24) is 0 Å². The Morgan fingerprint density at radius 1 is 1.11 bits per heavy atom. The number of hydrogen-bond donors (Lipinski definition) is 0. The minimum atomic E-state index is 0.605. The fourth-order valence-corrected chi connectivity index (χ4v) is 2.85. The third-order valence-electron chi connectivity index (χ3n) is 3.81. The molecule has 0 nitrogen and oxygen atoms in total. The first-order valence-electron chi connectivity index (χ1n) is 7.05. The SMILES string of the molecule is CCCC1CCC(C#Cc2ccc(Cl)cc2)CC1. The van der Waals surface area contributed by atoms with Gasteiger partial charge in [-0.2, -0.15) is 0 Å². The van der Waals surface area contributed by atoms with Gasteiger partial charge in [0, 0.05) is 16.5 Å². The lowest BCUT2D eigenvalue weighted by atomic mass is 9.80. The maximum atomic E-state index is 5.86. The lowest BCUT2D eigenvalue weighted by Gasteiger charge is -2.25. The van der Waals surface area contributed by atoms with Crippen molar-refractivity contribution in [2.24, 2.45) is 11.8 Å². The van der Waals surface area contributed by atoms with Crippen molar-refractivity contribution in [2.75, 3.05) is 0 Å². The molecule has 0 amide bonds. The minimum Gasteiger partial charge on any atom is -0.0945 e. The summed E-state index contributed by atoms with van der Waals surface area (Å²) in [7, 11) is 0. The Morgan fingerprint density at radius 3 is 2.39 bits per heavy atom. The first-order valence-corrected chi connectivity index (χ1v) is 7.43. The van der Waals surface area contributed by atoms with Crippen molar-refractivity contribution >= 4 is 11.6 Å². The van der Waals surface area contributed by atoms with Gasteiger partial charge in [0.2, 0.25) is 0 Å². The third-order valence-corrected chi connectivity index (χ3v) is 4.06. The first kappa shape index (κ1) is 13.5. The van der Waals surface area contributed by atoms with Gasteiger partial charge in [0.15, 0.2) is 0 Å². The average Bonchev–Trinajstić information content (AvgIpc) is 2.40. The Kier molecular flexibility index (Phi) is 5.14. The van der Waals surface area contributed by atoms with E-state index < -0.39 is 0 Å². The molecule has 0 aliphatic heterocycles. The number of halogens is 1. The summed E-state index contributed by atoms with van der Waals surface area (Å²) < 4.78 is 0. The van der Waals surface area contributed by atoms with Crippen molar-refractivity contribution in [3.05, 3.63) is 34.9 Å². The molecular formula is C17H21Cl. The summed E-state index contributed by atoms with van der Waals surface area (Å²) >= 11 is 5.86. The topological polar surface area (TPSA) is 0 Å². The predicted molar refractivity (Wildman–Crippen MR) is 78.7 cm³/mol. The molecule has 2 rings (SSSR count). The smallest absolute Gasteiger partial charge is 0.0406 e. The van der Waals surface area contributed by atoms with Crippen LogP contribution in [0.25, 0.3) is 0 Å². The van der Waals surface area contributed by atoms with Crippen molar-refractivity contribution in [3.8, 4) is 11.8 Å². The van der Waals surface area contributed by atoms with E-state index in [1.807, 2.05) is 24.3 Å². The normalized spacial score (nSPS) is 23.2. The van der Waals surface area contributed by atoms with Crippen LogP contribution in [0, 0.1) is 23.7 Å². The third kappa shape index (κ3) is 4.07. The van der Waals surface area contributed by atoms with Gasteiger partial charge in [-0.05, 0) is 55.9 Å². The van der Waals surface area contributed by atoms with Crippen LogP contribution in [0.4, 0.5) is 0 Å². The molecule has 1 aliphatic rings. The fourth-order valence-electron chi connectivity index (χ4n) is 2.72. The number of hydrogen-bond acceptors (Lipinski definition) is 0. The van der Waals surface area contributed by atoms with E-state index in [2.05, 4.69) is 18.8 Å². The summed E-state index contributed by atoms with van der Waals surface area (Å²) in [5, 5.41) is 0.778. The van der Waals surface area contributed by atoms with E-state index in [4.69, 9.17) is 11.6 Å².